The third-order valence-corrected chi connectivity index (χ3v) is 4.42. The van der Waals surface area contributed by atoms with Crippen LogP contribution in [-0.4, -0.2) is 23.3 Å². The minimum absolute atomic E-state index is 0.0836. The highest BCUT2D eigenvalue weighted by Gasteiger charge is 2.34. The van der Waals surface area contributed by atoms with Gasteiger partial charge in [0, 0.05) is 6.20 Å². The van der Waals surface area contributed by atoms with Crippen LogP contribution in [0.15, 0.2) is 66.9 Å². The van der Waals surface area contributed by atoms with E-state index in [9.17, 15) is 22.8 Å². The molecule has 0 bridgehead atoms. The molecule has 0 fully saturated rings. The molecule has 3 aromatic rings. The molecule has 4 rings (SSSR count). The summed E-state index contributed by atoms with van der Waals surface area (Å²) in [4.78, 5) is 30.9. The summed E-state index contributed by atoms with van der Waals surface area (Å²) in [6, 6.07) is 14.2. The number of alkyl halides is 3. The fourth-order valence-electron chi connectivity index (χ4n) is 3.09. The van der Waals surface area contributed by atoms with E-state index in [2.05, 4.69) is 10.3 Å². The van der Waals surface area contributed by atoms with Crippen LogP contribution in [0.4, 0.5) is 24.5 Å². The van der Waals surface area contributed by atoms with Crippen molar-refractivity contribution >= 4 is 23.2 Å². The number of carbonyl (C=O) groups excluding carboxylic acids is 2. The molecule has 30 heavy (non-hydrogen) atoms. The number of amides is 2. The lowest BCUT2D eigenvalue weighted by Crippen LogP contribution is -2.38. The molecule has 0 saturated carbocycles. The fourth-order valence-corrected chi connectivity index (χ4v) is 3.09. The summed E-state index contributed by atoms with van der Waals surface area (Å²) in [6.45, 7) is -0.514. The van der Waals surface area contributed by atoms with Crippen molar-refractivity contribution in [1.82, 2.24) is 4.98 Å². The van der Waals surface area contributed by atoms with E-state index in [1.807, 2.05) is 0 Å². The van der Waals surface area contributed by atoms with Crippen molar-refractivity contribution in [2.75, 3.05) is 16.8 Å². The molecular formula is C21H14F3N3O3. The van der Waals surface area contributed by atoms with Crippen molar-refractivity contribution in [2.45, 2.75) is 6.18 Å². The van der Waals surface area contributed by atoms with Crippen molar-refractivity contribution in [3.63, 3.8) is 0 Å². The zero-order valence-corrected chi connectivity index (χ0v) is 15.3. The Morgan fingerprint density at radius 3 is 2.57 bits per heavy atom. The number of ether oxygens (including phenoxy) is 1. The summed E-state index contributed by atoms with van der Waals surface area (Å²) in [6.07, 6.45) is -3.17. The van der Waals surface area contributed by atoms with Gasteiger partial charge in [0.2, 0.25) is 11.8 Å². The number of hydrogen-bond acceptors (Lipinski definition) is 4. The lowest BCUT2D eigenvalue weighted by Gasteiger charge is -2.22. The van der Waals surface area contributed by atoms with Gasteiger partial charge in [-0.1, -0.05) is 24.3 Å². The van der Waals surface area contributed by atoms with Crippen LogP contribution in [0.2, 0.25) is 0 Å². The molecule has 1 N–H and O–H groups in total. The van der Waals surface area contributed by atoms with Crippen LogP contribution in [0.5, 0.6) is 11.6 Å². The van der Waals surface area contributed by atoms with Crippen molar-refractivity contribution < 1.29 is 27.5 Å². The minimum atomic E-state index is -4.63. The van der Waals surface area contributed by atoms with E-state index in [0.717, 1.165) is 17.0 Å². The zero-order chi connectivity index (χ0) is 21.3. The summed E-state index contributed by atoms with van der Waals surface area (Å²) in [5.74, 6) is -0.962. The Bertz CT molecular complexity index is 1130. The standard InChI is InChI=1S/C21H14F3N3O3/c22-21(23,24)14-7-1-2-8-15(14)26-18(28)12-27-16-9-3-4-10-17(16)30-19-13(20(27)29)6-5-11-25-19/h1-11H,12H2,(H,26,28). The topological polar surface area (TPSA) is 71.5 Å². The normalized spacial score (nSPS) is 13.0. The van der Waals surface area contributed by atoms with Gasteiger partial charge < -0.3 is 10.1 Å². The van der Waals surface area contributed by atoms with E-state index in [-0.39, 0.29) is 17.1 Å². The lowest BCUT2D eigenvalue weighted by molar-refractivity contribution is -0.137. The summed E-state index contributed by atoms with van der Waals surface area (Å²) < 4.78 is 45.3. The minimum Gasteiger partial charge on any atom is -0.436 e. The van der Waals surface area contributed by atoms with Crippen molar-refractivity contribution in [2.24, 2.45) is 0 Å². The Morgan fingerprint density at radius 1 is 1.03 bits per heavy atom. The maximum Gasteiger partial charge on any atom is 0.418 e. The van der Waals surface area contributed by atoms with Crippen LogP contribution in [0, 0.1) is 0 Å². The van der Waals surface area contributed by atoms with Gasteiger partial charge in [0.1, 0.15) is 12.1 Å². The molecule has 2 aromatic carbocycles. The number of nitrogens with zero attached hydrogens (tertiary/aromatic N) is 2. The second kappa shape index (κ2) is 7.51. The van der Waals surface area contributed by atoms with Gasteiger partial charge in [-0.3, -0.25) is 14.5 Å². The van der Waals surface area contributed by atoms with Gasteiger partial charge in [-0.05, 0) is 36.4 Å². The van der Waals surface area contributed by atoms with E-state index >= 15 is 0 Å². The Balaban J connectivity index is 1.66. The molecule has 0 radical (unpaired) electrons. The van der Waals surface area contributed by atoms with Crippen LogP contribution >= 0.6 is 0 Å². The SMILES string of the molecule is O=C(CN1C(=O)c2cccnc2Oc2ccccc21)Nc1ccccc1C(F)(F)F. The Labute approximate surface area is 168 Å². The summed E-state index contributed by atoms with van der Waals surface area (Å²) in [5, 5.41) is 2.25. The number of pyridine rings is 1. The van der Waals surface area contributed by atoms with Crippen molar-refractivity contribution in [1.29, 1.82) is 0 Å². The average Bonchev–Trinajstić information content (AvgIpc) is 2.83. The largest absolute Gasteiger partial charge is 0.436 e. The second-order valence-corrected chi connectivity index (χ2v) is 6.41. The van der Waals surface area contributed by atoms with Gasteiger partial charge >= 0.3 is 6.18 Å². The van der Waals surface area contributed by atoms with Gasteiger partial charge in [-0.15, -0.1) is 0 Å². The third-order valence-electron chi connectivity index (χ3n) is 4.42. The molecule has 6 nitrogen and oxygen atoms in total. The quantitative estimate of drug-likeness (QED) is 0.687. The van der Waals surface area contributed by atoms with Gasteiger partial charge in [-0.2, -0.15) is 13.2 Å². The highest BCUT2D eigenvalue weighted by molar-refractivity contribution is 6.12. The molecule has 0 saturated heterocycles. The van der Waals surface area contributed by atoms with Crippen LogP contribution < -0.4 is 15.0 Å². The number of aromatic nitrogens is 1. The molecule has 0 spiro atoms. The van der Waals surface area contributed by atoms with Crippen molar-refractivity contribution in [3.05, 3.63) is 78.0 Å². The third kappa shape index (κ3) is 3.69. The first-order valence-corrected chi connectivity index (χ1v) is 8.84. The predicted octanol–water partition coefficient (Wildman–Crippen LogP) is 4.49. The van der Waals surface area contributed by atoms with E-state index in [0.29, 0.717) is 11.4 Å². The molecule has 152 valence electrons. The molecule has 2 heterocycles. The lowest BCUT2D eigenvalue weighted by atomic mass is 10.1. The number of rotatable bonds is 3. The monoisotopic (exact) mass is 413 g/mol. The summed E-state index contributed by atoms with van der Waals surface area (Å²) >= 11 is 0. The number of benzene rings is 2. The number of halogens is 3. The first-order valence-electron chi connectivity index (χ1n) is 8.84. The van der Waals surface area contributed by atoms with Crippen molar-refractivity contribution in [3.8, 4) is 11.6 Å². The Hall–Kier alpha value is -3.88. The number of para-hydroxylation sites is 3. The molecular weight excluding hydrogens is 399 g/mol. The molecule has 9 heteroatoms. The number of carbonyl (C=O) groups is 2. The Morgan fingerprint density at radius 2 is 1.77 bits per heavy atom. The number of fused-ring (bicyclic) bond motifs is 2. The molecule has 0 atom stereocenters. The highest BCUT2D eigenvalue weighted by Crippen LogP contribution is 2.38. The zero-order valence-electron chi connectivity index (χ0n) is 15.3. The molecule has 0 aliphatic carbocycles. The number of nitrogens with one attached hydrogen (secondary N) is 1. The van der Waals surface area contributed by atoms with E-state index in [1.165, 1.54) is 24.4 Å². The van der Waals surface area contributed by atoms with E-state index in [4.69, 9.17) is 4.74 Å². The number of anilines is 2. The molecule has 0 unspecified atom stereocenters. The summed E-state index contributed by atoms with van der Waals surface area (Å²) in [5.41, 5.74) is -0.917. The van der Waals surface area contributed by atoms with E-state index in [1.54, 1.807) is 30.3 Å². The van der Waals surface area contributed by atoms with Gasteiger partial charge in [0.25, 0.3) is 5.91 Å². The summed E-state index contributed by atoms with van der Waals surface area (Å²) in [7, 11) is 0. The maximum atomic E-state index is 13.2. The second-order valence-electron chi connectivity index (χ2n) is 6.41. The highest BCUT2D eigenvalue weighted by atomic mass is 19.4. The number of hydrogen-bond donors (Lipinski definition) is 1. The van der Waals surface area contributed by atoms with E-state index < -0.39 is 30.1 Å². The predicted molar refractivity (Wildman–Crippen MR) is 103 cm³/mol. The average molecular weight is 413 g/mol. The molecule has 1 aliphatic rings. The molecule has 1 aromatic heterocycles. The maximum absolute atomic E-state index is 13.2. The first-order chi connectivity index (χ1) is 14.3. The molecule has 2 amide bonds. The Kier molecular flexibility index (Phi) is 4.86. The van der Waals surface area contributed by atoms with Gasteiger partial charge in [0.15, 0.2) is 5.75 Å². The molecule has 1 aliphatic heterocycles. The van der Waals surface area contributed by atoms with Gasteiger partial charge in [0.05, 0.1) is 16.9 Å². The van der Waals surface area contributed by atoms with Crippen LogP contribution in [0.25, 0.3) is 0 Å². The van der Waals surface area contributed by atoms with Crippen LogP contribution in [0.3, 0.4) is 0 Å². The fraction of sp³-hybridized carbons (Fsp3) is 0.0952. The van der Waals surface area contributed by atoms with Crippen LogP contribution in [0.1, 0.15) is 15.9 Å². The van der Waals surface area contributed by atoms with Crippen LogP contribution in [-0.2, 0) is 11.0 Å². The first kappa shape index (κ1) is 19.4. The van der Waals surface area contributed by atoms with Gasteiger partial charge in [-0.25, -0.2) is 4.98 Å². The smallest absolute Gasteiger partial charge is 0.418 e.